The van der Waals surface area contributed by atoms with E-state index in [-0.39, 0.29) is 5.56 Å². The predicted molar refractivity (Wildman–Crippen MR) is 99.5 cm³/mol. The summed E-state index contributed by atoms with van der Waals surface area (Å²) in [5.74, 6) is 2.18. The van der Waals surface area contributed by atoms with Crippen LogP contribution in [0, 0.1) is 5.92 Å². The Morgan fingerprint density at radius 1 is 1.12 bits per heavy atom. The highest BCUT2D eigenvalue weighted by Gasteiger charge is 2.13. The molecule has 0 saturated carbocycles. The molecule has 0 radical (unpaired) electrons. The molecule has 0 bridgehead atoms. The van der Waals surface area contributed by atoms with E-state index in [9.17, 15) is 4.79 Å². The first-order valence-corrected chi connectivity index (χ1v) is 8.87. The van der Waals surface area contributed by atoms with E-state index >= 15 is 0 Å². The van der Waals surface area contributed by atoms with Crippen molar-refractivity contribution in [3.8, 4) is 11.4 Å². The van der Waals surface area contributed by atoms with E-state index < -0.39 is 0 Å². The van der Waals surface area contributed by atoms with Gasteiger partial charge in [-0.3, -0.25) is 9.36 Å². The van der Waals surface area contributed by atoms with Gasteiger partial charge < -0.3 is 4.74 Å². The van der Waals surface area contributed by atoms with Crippen LogP contribution in [0.2, 0.25) is 0 Å². The molecule has 0 N–H and O–H groups in total. The van der Waals surface area contributed by atoms with Crippen LogP contribution in [-0.2, 0) is 0 Å². The van der Waals surface area contributed by atoms with Crippen LogP contribution in [0.1, 0.15) is 13.8 Å². The molecule has 3 aromatic rings. The Kier molecular flexibility index (Phi) is 4.90. The number of thioether (sulfide) groups is 1. The van der Waals surface area contributed by atoms with Gasteiger partial charge in [0, 0.05) is 5.75 Å². The molecule has 0 aliphatic heterocycles. The van der Waals surface area contributed by atoms with Crippen LogP contribution >= 0.6 is 11.8 Å². The number of hydrogen-bond acceptors (Lipinski definition) is 4. The molecule has 24 heavy (non-hydrogen) atoms. The summed E-state index contributed by atoms with van der Waals surface area (Å²) in [7, 11) is 1.63. The molecular formula is C19H20N2O2S. The first-order chi connectivity index (χ1) is 11.6. The van der Waals surface area contributed by atoms with E-state index in [1.807, 2.05) is 48.5 Å². The fraction of sp³-hybridized carbons (Fsp3) is 0.263. The minimum Gasteiger partial charge on any atom is -0.497 e. The van der Waals surface area contributed by atoms with Crippen molar-refractivity contribution in [2.24, 2.45) is 5.92 Å². The molecule has 0 saturated heterocycles. The average Bonchev–Trinajstić information content (AvgIpc) is 2.60. The standard InChI is InChI=1S/C19H20N2O2S/c1-13(2)12-24-19-20-17-7-5-4-6-16(17)18(22)21(19)14-8-10-15(23-3)11-9-14/h4-11,13H,12H2,1-3H3. The van der Waals surface area contributed by atoms with Gasteiger partial charge in [0.1, 0.15) is 5.75 Å². The second-order valence-electron chi connectivity index (χ2n) is 5.95. The maximum Gasteiger partial charge on any atom is 0.266 e. The molecule has 0 fully saturated rings. The fourth-order valence-electron chi connectivity index (χ4n) is 2.41. The quantitative estimate of drug-likeness (QED) is 0.517. The lowest BCUT2D eigenvalue weighted by atomic mass is 10.2. The molecule has 0 amide bonds. The fourth-order valence-corrected chi connectivity index (χ4v) is 3.37. The smallest absolute Gasteiger partial charge is 0.266 e. The van der Waals surface area contributed by atoms with Crippen molar-refractivity contribution in [2.45, 2.75) is 19.0 Å². The van der Waals surface area contributed by atoms with Crippen molar-refractivity contribution in [1.29, 1.82) is 0 Å². The molecule has 4 nitrogen and oxygen atoms in total. The number of fused-ring (bicyclic) bond motifs is 1. The van der Waals surface area contributed by atoms with Crippen molar-refractivity contribution in [1.82, 2.24) is 9.55 Å². The number of rotatable bonds is 5. The number of nitrogens with zero attached hydrogens (tertiary/aromatic N) is 2. The summed E-state index contributed by atoms with van der Waals surface area (Å²) in [6, 6.07) is 15.0. The van der Waals surface area contributed by atoms with Crippen LogP contribution in [0.25, 0.3) is 16.6 Å². The highest BCUT2D eigenvalue weighted by molar-refractivity contribution is 7.99. The second-order valence-corrected chi connectivity index (χ2v) is 6.94. The van der Waals surface area contributed by atoms with Gasteiger partial charge in [-0.1, -0.05) is 37.7 Å². The molecule has 0 spiro atoms. The minimum absolute atomic E-state index is 0.0444. The summed E-state index contributed by atoms with van der Waals surface area (Å²) in [5, 5.41) is 1.35. The Morgan fingerprint density at radius 3 is 2.50 bits per heavy atom. The Balaban J connectivity index is 2.19. The minimum atomic E-state index is -0.0444. The zero-order valence-electron chi connectivity index (χ0n) is 14.0. The zero-order valence-corrected chi connectivity index (χ0v) is 14.8. The summed E-state index contributed by atoms with van der Waals surface area (Å²) in [4.78, 5) is 17.7. The van der Waals surface area contributed by atoms with Crippen molar-refractivity contribution in [3.05, 3.63) is 58.9 Å². The van der Waals surface area contributed by atoms with E-state index in [0.717, 1.165) is 27.9 Å². The molecule has 0 aliphatic rings. The lowest BCUT2D eigenvalue weighted by Gasteiger charge is -2.14. The molecule has 0 atom stereocenters. The first-order valence-electron chi connectivity index (χ1n) is 7.89. The van der Waals surface area contributed by atoms with Crippen molar-refractivity contribution < 1.29 is 4.74 Å². The molecule has 5 heteroatoms. The molecular weight excluding hydrogens is 320 g/mol. The molecule has 0 unspecified atom stereocenters. The highest BCUT2D eigenvalue weighted by atomic mass is 32.2. The number of para-hydroxylation sites is 1. The molecule has 0 aliphatic carbocycles. The Hall–Kier alpha value is -2.27. The SMILES string of the molecule is COc1ccc(-n2c(SCC(C)C)nc3ccccc3c2=O)cc1. The van der Waals surface area contributed by atoms with Gasteiger partial charge in [-0.05, 0) is 42.3 Å². The third-order valence-electron chi connectivity index (χ3n) is 3.62. The van der Waals surface area contributed by atoms with Crippen LogP contribution in [0.15, 0.2) is 58.5 Å². The van der Waals surface area contributed by atoms with E-state index in [4.69, 9.17) is 9.72 Å². The van der Waals surface area contributed by atoms with E-state index in [0.29, 0.717) is 11.3 Å². The van der Waals surface area contributed by atoms with Gasteiger partial charge in [-0.15, -0.1) is 0 Å². The van der Waals surface area contributed by atoms with Gasteiger partial charge in [0.2, 0.25) is 0 Å². The van der Waals surface area contributed by atoms with Crippen molar-refractivity contribution in [2.75, 3.05) is 12.9 Å². The molecule has 3 rings (SSSR count). The molecule has 1 aromatic heterocycles. The van der Waals surface area contributed by atoms with Gasteiger partial charge >= 0.3 is 0 Å². The number of methoxy groups -OCH3 is 1. The summed E-state index contributed by atoms with van der Waals surface area (Å²) >= 11 is 1.61. The van der Waals surface area contributed by atoms with E-state index in [1.54, 1.807) is 23.4 Å². The number of aromatic nitrogens is 2. The zero-order chi connectivity index (χ0) is 17.1. The van der Waals surface area contributed by atoms with Gasteiger partial charge in [-0.2, -0.15) is 0 Å². The summed E-state index contributed by atoms with van der Waals surface area (Å²) in [6.07, 6.45) is 0. The van der Waals surface area contributed by atoms with Gasteiger partial charge in [0.25, 0.3) is 5.56 Å². The van der Waals surface area contributed by atoms with Crippen LogP contribution in [0.3, 0.4) is 0 Å². The lowest BCUT2D eigenvalue weighted by Crippen LogP contribution is -2.22. The number of ether oxygens (including phenoxy) is 1. The van der Waals surface area contributed by atoms with E-state index in [2.05, 4.69) is 13.8 Å². The monoisotopic (exact) mass is 340 g/mol. The Morgan fingerprint density at radius 2 is 1.83 bits per heavy atom. The third-order valence-corrected chi connectivity index (χ3v) is 4.99. The van der Waals surface area contributed by atoms with Gasteiger partial charge in [0.05, 0.1) is 23.7 Å². The van der Waals surface area contributed by atoms with Crippen LogP contribution in [-0.4, -0.2) is 22.4 Å². The highest BCUT2D eigenvalue weighted by Crippen LogP contribution is 2.24. The van der Waals surface area contributed by atoms with Crippen LogP contribution in [0.5, 0.6) is 5.75 Å². The normalized spacial score (nSPS) is 11.2. The molecule has 2 aromatic carbocycles. The maximum absolute atomic E-state index is 13.0. The second kappa shape index (κ2) is 7.09. The van der Waals surface area contributed by atoms with Crippen molar-refractivity contribution in [3.63, 3.8) is 0 Å². The number of benzene rings is 2. The van der Waals surface area contributed by atoms with Gasteiger partial charge in [-0.25, -0.2) is 4.98 Å². The summed E-state index contributed by atoms with van der Waals surface area (Å²) in [6.45, 7) is 4.31. The van der Waals surface area contributed by atoms with Crippen LogP contribution < -0.4 is 10.3 Å². The van der Waals surface area contributed by atoms with Crippen LogP contribution in [0.4, 0.5) is 0 Å². The molecule has 124 valence electrons. The van der Waals surface area contributed by atoms with Crippen molar-refractivity contribution >= 4 is 22.7 Å². The Bertz CT molecular complexity index is 901. The lowest BCUT2D eigenvalue weighted by molar-refractivity contribution is 0.414. The first kappa shape index (κ1) is 16.6. The van der Waals surface area contributed by atoms with Gasteiger partial charge in [0.15, 0.2) is 5.16 Å². The molecule has 1 heterocycles. The summed E-state index contributed by atoms with van der Waals surface area (Å²) < 4.78 is 6.90. The summed E-state index contributed by atoms with van der Waals surface area (Å²) in [5.41, 5.74) is 1.49. The maximum atomic E-state index is 13.0. The average molecular weight is 340 g/mol. The Labute approximate surface area is 145 Å². The third kappa shape index (κ3) is 3.31. The number of hydrogen-bond donors (Lipinski definition) is 0. The van der Waals surface area contributed by atoms with E-state index in [1.165, 1.54) is 0 Å². The largest absolute Gasteiger partial charge is 0.497 e. The topological polar surface area (TPSA) is 44.1 Å². The predicted octanol–water partition coefficient (Wildman–Crippen LogP) is 4.14.